The van der Waals surface area contributed by atoms with Gasteiger partial charge in [-0.2, -0.15) is 0 Å². The predicted octanol–water partition coefficient (Wildman–Crippen LogP) is 2.37. The maximum Gasteiger partial charge on any atom is 0.341 e. The Labute approximate surface area is 221 Å². The Kier molecular flexibility index (Phi) is 7.31. The summed E-state index contributed by atoms with van der Waals surface area (Å²) in [6.45, 7) is 4.14. The van der Waals surface area contributed by atoms with Crippen LogP contribution in [-0.4, -0.2) is 79.3 Å². The lowest BCUT2D eigenvalue weighted by Gasteiger charge is -2.28. The number of methoxy groups -OCH3 is 1. The zero-order chi connectivity index (χ0) is 26.7. The molecule has 1 saturated heterocycles. The van der Waals surface area contributed by atoms with Crippen LogP contribution in [0.15, 0.2) is 41.0 Å². The van der Waals surface area contributed by atoms with Gasteiger partial charge in [-0.05, 0) is 19.1 Å². The van der Waals surface area contributed by atoms with E-state index in [1.54, 1.807) is 25.3 Å². The largest absolute Gasteiger partial charge is 0.481 e. The van der Waals surface area contributed by atoms with E-state index in [9.17, 15) is 13.2 Å². The summed E-state index contributed by atoms with van der Waals surface area (Å²) in [6, 6.07) is 4.98. The normalized spacial score (nSPS) is 13.9. The van der Waals surface area contributed by atoms with Gasteiger partial charge < -0.3 is 19.1 Å². The Bertz CT molecular complexity index is 1550. The van der Waals surface area contributed by atoms with Crippen molar-refractivity contribution in [2.24, 2.45) is 0 Å². The average molecular weight is 558 g/mol. The Morgan fingerprint density at radius 1 is 1.13 bits per heavy atom. The van der Waals surface area contributed by atoms with Gasteiger partial charge in [-0.15, -0.1) is 11.3 Å². The van der Waals surface area contributed by atoms with Crippen molar-refractivity contribution in [2.45, 2.75) is 11.1 Å². The summed E-state index contributed by atoms with van der Waals surface area (Å²) >= 11 is 1.05. The Balaban J connectivity index is 1.51. The highest BCUT2D eigenvalue weighted by atomic mass is 32.2. The van der Waals surface area contributed by atoms with Gasteiger partial charge in [0.25, 0.3) is 10.0 Å². The van der Waals surface area contributed by atoms with Gasteiger partial charge >= 0.3 is 5.97 Å². The fourth-order valence-corrected chi connectivity index (χ4v) is 6.02. The molecule has 0 saturated carbocycles. The molecule has 0 aliphatic carbocycles. The van der Waals surface area contributed by atoms with Crippen LogP contribution in [0.4, 0.5) is 11.8 Å². The van der Waals surface area contributed by atoms with Gasteiger partial charge in [0, 0.05) is 43.3 Å². The van der Waals surface area contributed by atoms with Crippen LogP contribution in [0, 0.1) is 0 Å². The first-order chi connectivity index (χ1) is 18.4. The molecule has 13 nitrogen and oxygen atoms in total. The Morgan fingerprint density at radius 2 is 1.89 bits per heavy atom. The molecule has 0 aromatic carbocycles. The van der Waals surface area contributed by atoms with Gasteiger partial charge in [0.05, 0.1) is 42.7 Å². The fourth-order valence-electron chi connectivity index (χ4n) is 3.65. The summed E-state index contributed by atoms with van der Waals surface area (Å²) < 4.78 is 45.0. The molecule has 0 atom stereocenters. The second-order valence-electron chi connectivity index (χ2n) is 7.96. The molecule has 1 aliphatic rings. The SMILES string of the molecule is CCOC(=O)c1cnc(NS(=O)(=O)c2cc3nc(-c4ccc(OC)nc4)nc(N4CCOCC4)c3s2)nc1. The lowest BCUT2D eigenvalue weighted by molar-refractivity contribution is 0.0525. The van der Waals surface area contributed by atoms with Crippen molar-refractivity contribution in [3.8, 4) is 17.3 Å². The molecule has 5 heterocycles. The number of rotatable bonds is 8. The first-order valence-corrected chi connectivity index (χ1v) is 13.8. The maximum atomic E-state index is 13.2. The highest BCUT2D eigenvalue weighted by molar-refractivity contribution is 7.94. The van der Waals surface area contributed by atoms with E-state index in [1.807, 2.05) is 4.90 Å². The van der Waals surface area contributed by atoms with Crippen LogP contribution in [-0.2, 0) is 19.5 Å². The number of carbonyl (C=O) groups is 1. The van der Waals surface area contributed by atoms with Crippen molar-refractivity contribution >= 4 is 49.3 Å². The number of morpholine rings is 1. The van der Waals surface area contributed by atoms with Crippen LogP contribution in [0.3, 0.4) is 0 Å². The van der Waals surface area contributed by atoms with Crippen LogP contribution in [0.5, 0.6) is 5.88 Å². The number of nitrogens with zero attached hydrogens (tertiary/aromatic N) is 6. The molecule has 0 spiro atoms. The molecule has 0 amide bonds. The third kappa shape index (κ3) is 5.34. The third-order valence-electron chi connectivity index (χ3n) is 5.50. The second kappa shape index (κ2) is 10.8. The number of ether oxygens (including phenoxy) is 3. The summed E-state index contributed by atoms with van der Waals surface area (Å²) in [5, 5.41) is 0. The summed E-state index contributed by atoms with van der Waals surface area (Å²) in [7, 11) is -2.53. The molecule has 0 bridgehead atoms. The third-order valence-corrected chi connectivity index (χ3v) is 8.42. The van der Waals surface area contributed by atoms with Gasteiger partial charge in [-0.3, -0.25) is 0 Å². The molecule has 198 valence electrons. The number of pyridine rings is 1. The van der Waals surface area contributed by atoms with Crippen LogP contribution >= 0.6 is 11.3 Å². The topological polar surface area (TPSA) is 159 Å². The van der Waals surface area contributed by atoms with Gasteiger partial charge in [0.1, 0.15) is 4.21 Å². The number of sulfonamides is 1. The predicted molar refractivity (Wildman–Crippen MR) is 139 cm³/mol. The smallest absolute Gasteiger partial charge is 0.341 e. The first kappa shape index (κ1) is 25.7. The zero-order valence-corrected chi connectivity index (χ0v) is 22.1. The van der Waals surface area contributed by atoms with Crippen molar-refractivity contribution in [2.75, 3.05) is 49.6 Å². The highest BCUT2D eigenvalue weighted by Crippen LogP contribution is 2.36. The molecular weight excluding hydrogens is 534 g/mol. The molecule has 1 fully saturated rings. The van der Waals surface area contributed by atoms with E-state index in [4.69, 9.17) is 19.2 Å². The van der Waals surface area contributed by atoms with Crippen LogP contribution in [0.25, 0.3) is 21.6 Å². The van der Waals surface area contributed by atoms with E-state index in [0.717, 1.165) is 11.3 Å². The Hall–Kier alpha value is -3.95. The van der Waals surface area contributed by atoms with Gasteiger partial charge in [0.15, 0.2) is 11.6 Å². The van der Waals surface area contributed by atoms with Crippen LogP contribution in [0.1, 0.15) is 17.3 Å². The quantitative estimate of drug-likeness (QED) is 0.316. The van der Waals surface area contributed by atoms with Gasteiger partial charge in [-0.1, -0.05) is 0 Å². The number of aromatic nitrogens is 5. The fraction of sp³-hybridized carbons (Fsp3) is 0.304. The number of hydrogen-bond donors (Lipinski definition) is 1. The van der Waals surface area contributed by atoms with Gasteiger partial charge in [-0.25, -0.2) is 42.9 Å². The zero-order valence-electron chi connectivity index (χ0n) is 20.4. The number of fused-ring (bicyclic) bond motifs is 1. The minimum atomic E-state index is -4.07. The number of carbonyl (C=O) groups excluding carboxylic acids is 1. The molecule has 0 unspecified atom stereocenters. The molecule has 0 radical (unpaired) electrons. The second-order valence-corrected chi connectivity index (χ2v) is 10.9. The van der Waals surface area contributed by atoms with E-state index >= 15 is 0 Å². The minimum Gasteiger partial charge on any atom is -0.481 e. The van der Waals surface area contributed by atoms with Crippen molar-refractivity contribution in [1.29, 1.82) is 0 Å². The molecule has 38 heavy (non-hydrogen) atoms. The number of hydrogen-bond acceptors (Lipinski definition) is 13. The van der Waals surface area contributed by atoms with Gasteiger partial charge in [0.2, 0.25) is 11.8 Å². The lowest BCUT2D eigenvalue weighted by atomic mass is 10.2. The van der Waals surface area contributed by atoms with E-state index < -0.39 is 16.0 Å². The van der Waals surface area contributed by atoms with Crippen molar-refractivity contribution in [3.63, 3.8) is 0 Å². The highest BCUT2D eigenvalue weighted by Gasteiger charge is 2.25. The molecular formula is C23H23N7O6S2. The van der Waals surface area contributed by atoms with Crippen LogP contribution in [0.2, 0.25) is 0 Å². The number of anilines is 2. The van der Waals surface area contributed by atoms with Crippen LogP contribution < -0.4 is 14.4 Å². The molecule has 1 aliphatic heterocycles. The van der Waals surface area contributed by atoms with Crippen molar-refractivity contribution in [3.05, 3.63) is 42.4 Å². The van der Waals surface area contributed by atoms with E-state index in [2.05, 4.69) is 24.7 Å². The molecule has 5 rings (SSSR count). The molecule has 15 heteroatoms. The number of esters is 1. The van der Waals surface area contributed by atoms with E-state index in [-0.39, 0.29) is 22.3 Å². The number of thiophene rings is 1. The summed E-state index contributed by atoms with van der Waals surface area (Å²) in [5.41, 5.74) is 1.24. The maximum absolute atomic E-state index is 13.2. The summed E-state index contributed by atoms with van der Waals surface area (Å²) in [5.74, 6) is 0.701. The molecule has 4 aromatic rings. The molecule has 4 aromatic heterocycles. The standard InChI is InChI=1S/C23H23N7O6S2/c1-3-36-22(31)15-12-25-23(26-13-15)29-38(32,33)18-10-16-19(37-18)21(30-6-8-35-9-7-30)28-20(27-16)14-4-5-17(34-2)24-11-14/h4-5,10-13H,3,6-9H2,1-2H3,(H,25,26,29). The first-order valence-electron chi connectivity index (χ1n) is 11.5. The van der Waals surface area contributed by atoms with Crippen molar-refractivity contribution in [1.82, 2.24) is 24.9 Å². The summed E-state index contributed by atoms with van der Waals surface area (Å²) in [4.78, 5) is 35.4. The number of nitrogens with one attached hydrogen (secondary N) is 1. The minimum absolute atomic E-state index is 0.0133. The Morgan fingerprint density at radius 3 is 2.55 bits per heavy atom. The lowest BCUT2D eigenvalue weighted by Crippen LogP contribution is -2.36. The molecule has 1 N–H and O–H groups in total. The summed E-state index contributed by atoms with van der Waals surface area (Å²) in [6.07, 6.45) is 4.00. The average Bonchev–Trinajstić information content (AvgIpc) is 3.39. The van der Waals surface area contributed by atoms with E-state index in [0.29, 0.717) is 59.6 Å². The van der Waals surface area contributed by atoms with E-state index in [1.165, 1.54) is 25.6 Å². The monoisotopic (exact) mass is 557 g/mol. The van der Waals surface area contributed by atoms with Crippen molar-refractivity contribution < 1.29 is 27.4 Å².